The fraction of sp³-hybridized carbons (Fsp3) is 0. The van der Waals surface area contributed by atoms with Crippen LogP contribution in [-0.4, -0.2) is 14.5 Å². The van der Waals surface area contributed by atoms with E-state index in [1.807, 2.05) is 24.4 Å². The fourth-order valence-corrected chi connectivity index (χ4v) is 8.13. The van der Waals surface area contributed by atoms with Crippen LogP contribution in [0, 0.1) is 12.1 Å². The second-order valence-electron chi connectivity index (χ2n) is 12.8. The third-order valence-corrected chi connectivity index (χ3v) is 10.7. The van der Waals surface area contributed by atoms with Crippen LogP contribution in [0.4, 0.5) is 0 Å². The first-order valence-electron chi connectivity index (χ1n) is 17.3. The van der Waals surface area contributed by atoms with E-state index < -0.39 is 0 Å². The topological polar surface area (TPSA) is 30.7 Å². The van der Waals surface area contributed by atoms with Crippen LogP contribution >= 0.6 is 11.3 Å². The molecule has 3 heterocycles. The Bertz CT molecular complexity index is 2850. The molecule has 0 amide bonds. The predicted molar refractivity (Wildman–Crippen MR) is 217 cm³/mol. The first-order valence-corrected chi connectivity index (χ1v) is 18.1. The van der Waals surface area contributed by atoms with Gasteiger partial charge in [0.25, 0.3) is 0 Å². The Morgan fingerprint density at radius 1 is 0.528 bits per heavy atom. The number of benzene rings is 7. The van der Waals surface area contributed by atoms with E-state index in [1.165, 1.54) is 22.3 Å². The standard InChI is InChI=1S/C48H29N3S.Pt/c1-3-12-32(13-4-1)34-21-23-35(24-22-34)39-30-41-40-29-36(33-14-5-2-6-15-33)25-26-45(40)51(38-17-11-16-37(28-38)43-18-9-10-27-49-43)46(41)31-42(39)48-50-44-19-7-8-20-47(44)52-48;/h1-27,29-30H;/q-2;+2. The number of rotatable bonds is 6. The summed E-state index contributed by atoms with van der Waals surface area (Å²) < 4.78 is 3.45. The van der Waals surface area contributed by atoms with E-state index >= 15 is 0 Å². The molecule has 0 N–H and O–H groups in total. The Kier molecular flexibility index (Phi) is 8.63. The minimum Gasteiger partial charge on any atom is -0.346 e. The Labute approximate surface area is 326 Å². The molecule has 0 aliphatic heterocycles. The Morgan fingerprint density at radius 2 is 1.21 bits per heavy atom. The number of para-hydroxylation sites is 1. The van der Waals surface area contributed by atoms with E-state index in [4.69, 9.17) is 4.98 Å². The molecule has 53 heavy (non-hydrogen) atoms. The molecule has 252 valence electrons. The van der Waals surface area contributed by atoms with Crippen molar-refractivity contribution >= 4 is 43.4 Å². The Morgan fingerprint density at radius 3 is 1.96 bits per heavy atom. The minimum atomic E-state index is 0. The van der Waals surface area contributed by atoms with Gasteiger partial charge in [-0.05, 0) is 68.8 Å². The van der Waals surface area contributed by atoms with Crippen molar-refractivity contribution < 1.29 is 21.1 Å². The molecule has 0 saturated carbocycles. The summed E-state index contributed by atoms with van der Waals surface area (Å²) in [5.41, 5.74) is 13.8. The van der Waals surface area contributed by atoms with Gasteiger partial charge in [0.2, 0.25) is 0 Å². The molecule has 0 bridgehead atoms. The molecule has 5 heteroatoms. The van der Waals surface area contributed by atoms with Gasteiger partial charge in [-0.25, -0.2) is 0 Å². The zero-order chi connectivity index (χ0) is 34.4. The van der Waals surface area contributed by atoms with Crippen molar-refractivity contribution in [3.05, 3.63) is 188 Å². The summed E-state index contributed by atoms with van der Waals surface area (Å²) in [5.74, 6) is 0. The maximum Gasteiger partial charge on any atom is 2.00 e. The Hall–Kier alpha value is -5.93. The van der Waals surface area contributed by atoms with Gasteiger partial charge in [0, 0.05) is 21.4 Å². The van der Waals surface area contributed by atoms with Gasteiger partial charge in [-0.2, -0.15) is 11.3 Å². The first-order chi connectivity index (χ1) is 25.8. The van der Waals surface area contributed by atoms with E-state index in [-0.39, 0.29) is 21.1 Å². The van der Waals surface area contributed by atoms with Crippen LogP contribution < -0.4 is 0 Å². The summed E-state index contributed by atoms with van der Waals surface area (Å²) in [5, 5.41) is 3.22. The molecule has 0 aliphatic rings. The quantitative estimate of drug-likeness (QED) is 0.156. The Balaban J connectivity index is 0.00000372. The number of nitrogens with zero attached hydrogens (tertiary/aromatic N) is 3. The van der Waals surface area contributed by atoms with Crippen molar-refractivity contribution in [2.24, 2.45) is 0 Å². The van der Waals surface area contributed by atoms with E-state index in [1.54, 1.807) is 11.3 Å². The van der Waals surface area contributed by atoms with Crippen LogP contribution in [0.15, 0.2) is 176 Å². The smallest absolute Gasteiger partial charge is 0.346 e. The number of thiazole rings is 1. The largest absolute Gasteiger partial charge is 2.00 e. The summed E-state index contributed by atoms with van der Waals surface area (Å²) >= 11 is 1.71. The monoisotopic (exact) mass is 874 g/mol. The van der Waals surface area contributed by atoms with Crippen LogP contribution in [0.1, 0.15) is 0 Å². The molecule has 3 nitrogen and oxygen atoms in total. The molecule has 0 fully saturated rings. The molecular weight excluding hydrogens is 846 g/mol. The SMILES string of the molecule is [Pt+2].[c-]1c(-c2ccccn2)cccc1-n1c2[c-]c(-c3nc4ccccc4s3)c(-c3ccc(-c4ccccc4)cc3)cc2c2cc(-c3ccccc3)ccc21. The summed E-state index contributed by atoms with van der Waals surface area (Å²) in [7, 11) is 0. The van der Waals surface area contributed by atoms with Crippen LogP contribution in [0.2, 0.25) is 0 Å². The molecule has 3 aromatic heterocycles. The number of aromatic nitrogens is 3. The van der Waals surface area contributed by atoms with Crippen molar-refractivity contribution in [3.63, 3.8) is 0 Å². The molecular formula is C48H29N3PtS. The average molecular weight is 875 g/mol. The summed E-state index contributed by atoms with van der Waals surface area (Å²) in [6.45, 7) is 0. The summed E-state index contributed by atoms with van der Waals surface area (Å²) in [4.78, 5) is 9.80. The molecule has 0 aliphatic carbocycles. The van der Waals surface area contributed by atoms with Crippen molar-refractivity contribution in [2.45, 2.75) is 0 Å². The van der Waals surface area contributed by atoms with Gasteiger partial charge < -0.3 is 9.55 Å². The normalized spacial score (nSPS) is 11.2. The second kappa shape index (κ2) is 13.9. The van der Waals surface area contributed by atoms with Crippen molar-refractivity contribution in [1.82, 2.24) is 14.5 Å². The molecule has 10 rings (SSSR count). The maximum atomic E-state index is 5.17. The zero-order valence-corrected chi connectivity index (χ0v) is 31.4. The van der Waals surface area contributed by atoms with Crippen LogP contribution in [0.3, 0.4) is 0 Å². The molecule has 10 aromatic rings. The minimum absolute atomic E-state index is 0. The average Bonchev–Trinajstić information content (AvgIpc) is 3.80. The van der Waals surface area contributed by atoms with E-state index in [0.29, 0.717) is 0 Å². The maximum absolute atomic E-state index is 5.17. The fourth-order valence-electron chi connectivity index (χ4n) is 7.15. The molecule has 0 spiro atoms. The summed E-state index contributed by atoms with van der Waals surface area (Å²) in [6, 6.07) is 67.4. The van der Waals surface area contributed by atoms with Gasteiger partial charge in [-0.1, -0.05) is 138 Å². The van der Waals surface area contributed by atoms with Gasteiger partial charge in [0.05, 0.1) is 5.52 Å². The summed E-state index contributed by atoms with van der Waals surface area (Å²) in [6.07, 6.45) is 1.83. The number of fused-ring (bicyclic) bond motifs is 4. The van der Waals surface area contributed by atoms with Crippen molar-refractivity contribution in [3.8, 4) is 60.9 Å². The van der Waals surface area contributed by atoms with Gasteiger partial charge in [-0.15, -0.1) is 47.5 Å². The molecule has 0 atom stereocenters. The zero-order valence-electron chi connectivity index (χ0n) is 28.3. The van der Waals surface area contributed by atoms with Crippen LogP contribution in [0.25, 0.3) is 92.9 Å². The molecule has 0 unspecified atom stereocenters. The van der Waals surface area contributed by atoms with Gasteiger partial charge in [0.1, 0.15) is 0 Å². The molecule has 7 aromatic carbocycles. The molecule has 0 radical (unpaired) electrons. The first kappa shape index (κ1) is 32.9. The van der Waals surface area contributed by atoms with E-state index in [0.717, 1.165) is 70.7 Å². The van der Waals surface area contributed by atoms with E-state index in [2.05, 4.69) is 173 Å². The second-order valence-corrected chi connectivity index (χ2v) is 13.9. The third kappa shape index (κ3) is 6.00. The van der Waals surface area contributed by atoms with Crippen molar-refractivity contribution in [1.29, 1.82) is 0 Å². The molecule has 0 saturated heterocycles. The predicted octanol–water partition coefficient (Wildman–Crippen LogP) is 12.7. The number of hydrogen-bond donors (Lipinski definition) is 0. The third-order valence-electron chi connectivity index (χ3n) is 9.69. The number of pyridine rings is 1. The van der Waals surface area contributed by atoms with Gasteiger partial charge in [-0.3, -0.25) is 4.98 Å². The van der Waals surface area contributed by atoms with E-state index in [9.17, 15) is 0 Å². The van der Waals surface area contributed by atoms with Crippen LogP contribution in [-0.2, 0) is 21.1 Å². The van der Waals surface area contributed by atoms with Crippen molar-refractivity contribution in [2.75, 3.05) is 0 Å². The van der Waals surface area contributed by atoms with Gasteiger partial charge >= 0.3 is 21.1 Å². The van der Waals surface area contributed by atoms with Gasteiger partial charge in [0.15, 0.2) is 0 Å². The number of hydrogen-bond acceptors (Lipinski definition) is 3. The van der Waals surface area contributed by atoms with Crippen LogP contribution in [0.5, 0.6) is 0 Å².